The van der Waals surface area contributed by atoms with Crippen LogP contribution in [0.25, 0.3) is 10.8 Å². The van der Waals surface area contributed by atoms with Gasteiger partial charge in [-0.15, -0.1) is 0 Å². The van der Waals surface area contributed by atoms with Gasteiger partial charge in [0, 0.05) is 12.6 Å². The second-order valence-corrected chi connectivity index (χ2v) is 6.64. The third-order valence-corrected chi connectivity index (χ3v) is 5.38. The molecule has 1 spiro atoms. The van der Waals surface area contributed by atoms with Gasteiger partial charge < -0.3 is 4.90 Å². The van der Waals surface area contributed by atoms with Gasteiger partial charge in [-0.2, -0.15) is 0 Å². The lowest BCUT2D eigenvalue weighted by Gasteiger charge is -2.43. The lowest BCUT2D eigenvalue weighted by Crippen LogP contribution is -2.48. The number of benzene rings is 2. The van der Waals surface area contributed by atoms with E-state index >= 15 is 0 Å². The van der Waals surface area contributed by atoms with Crippen molar-refractivity contribution in [1.82, 2.24) is 4.90 Å². The van der Waals surface area contributed by atoms with Crippen LogP contribution in [0.1, 0.15) is 12.0 Å². The van der Waals surface area contributed by atoms with Crippen LogP contribution >= 0.6 is 0 Å². The highest BCUT2D eigenvalue weighted by molar-refractivity contribution is 5.95. The molecule has 0 N–H and O–H groups in total. The molecular formula is C21H17NO. The van der Waals surface area contributed by atoms with Crippen molar-refractivity contribution in [1.29, 1.82) is 0 Å². The zero-order valence-electron chi connectivity index (χ0n) is 12.8. The Labute approximate surface area is 135 Å². The molecule has 0 saturated heterocycles. The molecule has 23 heavy (non-hydrogen) atoms. The maximum atomic E-state index is 12.6. The van der Waals surface area contributed by atoms with Crippen LogP contribution in [0.15, 0.2) is 78.4 Å². The van der Waals surface area contributed by atoms with Crippen molar-refractivity contribution in [2.75, 3.05) is 0 Å². The second-order valence-electron chi connectivity index (χ2n) is 6.64. The van der Waals surface area contributed by atoms with Gasteiger partial charge in [0.1, 0.15) is 5.54 Å². The van der Waals surface area contributed by atoms with Gasteiger partial charge in [0.25, 0.3) is 0 Å². The summed E-state index contributed by atoms with van der Waals surface area (Å²) in [6, 6.07) is 14.7. The van der Waals surface area contributed by atoms with Crippen molar-refractivity contribution < 1.29 is 4.79 Å². The molecule has 2 heteroatoms. The maximum Gasteiger partial charge on any atom is 0.248 e. The second kappa shape index (κ2) is 4.45. The molecule has 2 bridgehead atoms. The summed E-state index contributed by atoms with van der Waals surface area (Å²) in [5, 5.41) is 2.45. The number of carbonyl (C=O) groups excluding carboxylic acids is 1. The molecule has 6 rings (SSSR count). The molecule has 2 aromatic carbocycles. The van der Waals surface area contributed by atoms with Gasteiger partial charge in [-0.1, -0.05) is 66.8 Å². The number of carbonyl (C=O) groups is 1. The number of hydrogen-bond acceptors (Lipinski definition) is 1. The average molecular weight is 299 g/mol. The Morgan fingerprint density at radius 1 is 1.04 bits per heavy atom. The van der Waals surface area contributed by atoms with E-state index in [0.717, 1.165) is 6.42 Å². The van der Waals surface area contributed by atoms with Gasteiger partial charge in [-0.05, 0) is 34.2 Å². The van der Waals surface area contributed by atoms with E-state index in [1.165, 1.54) is 21.9 Å². The molecular weight excluding hydrogens is 282 g/mol. The SMILES string of the molecule is O=C1C=C2CC3C=CC2(C=C3)N1Cc1cccc2ccccc12. The highest BCUT2D eigenvalue weighted by Crippen LogP contribution is 2.46. The normalized spacial score (nSPS) is 27.7. The average Bonchev–Trinajstić information content (AvgIpc) is 2.87. The van der Waals surface area contributed by atoms with Crippen molar-refractivity contribution in [3.63, 3.8) is 0 Å². The van der Waals surface area contributed by atoms with E-state index in [-0.39, 0.29) is 11.4 Å². The van der Waals surface area contributed by atoms with Gasteiger partial charge in [-0.3, -0.25) is 4.79 Å². The Hall–Kier alpha value is -2.61. The van der Waals surface area contributed by atoms with Crippen LogP contribution in [0.3, 0.4) is 0 Å². The Balaban J connectivity index is 1.60. The molecule has 4 aliphatic rings. The molecule has 0 atom stereocenters. The van der Waals surface area contributed by atoms with Crippen molar-refractivity contribution in [3.8, 4) is 0 Å². The molecule has 1 heterocycles. The van der Waals surface area contributed by atoms with Gasteiger partial charge in [0.05, 0.1) is 0 Å². The predicted octanol–water partition coefficient (Wildman–Crippen LogP) is 3.99. The smallest absolute Gasteiger partial charge is 0.248 e. The third-order valence-electron chi connectivity index (χ3n) is 5.38. The summed E-state index contributed by atoms with van der Waals surface area (Å²) >= 11 is 0. The van der Waals surface area contributed by atoms with Crippen LogP contribution in [-0.2, 0) is 11.3 Å². The predicted molar refractivity (Wildman–Crippen MR) is 91.7 cm³/mol. The highest BCUT2D eigenvalue weighted by atomic mass is 16.2. The summed E-state index contributed by atoms with van der Waals surface area (Å²) < 4.78 is 0. The molecule has 0 radical (unpaired) electrons. The monoisotopic (exact) mass is 299 g/mol. The first kappa shape index (κ1) is 12.9. The zero-order chi connectivity index (χ0) is 15.4. The summed E-state index contributed by atoms with van der Waals surface area (Å²) in [7, 11) is 0. The number of fused-ring (bicyclic) bond motifs is 1. The molecule has 2 aromatic rings. The van der Waals surface area contributed by atoms with E-state index in [4.69, 9.17) is 0 Å². The van der Waals surface area contributed by atoms with Crippen molar-refractivity contribution in [2.45, 2.75) is 18.5 Å². The lowest BCUT2D eigenvalue weighted by molar-refractivity contribution is -0.127. The highest BCUT2D eigenvalue weighted by Gasteiger charge is 2.47. The van der Waals surface area contributed by atoms with Crippen LogP contribution in [-0.4, -0.2) is 16.3 Å². The molecule has 1 aliphatic heterocycles. The Bertz CT molecular complexity index is 899. The van der Waals surface area contributed by atoms with Crippen LogP contribution in [0.5, 0.6) is 0 Å². The first-order chi connectivity index (χ1) is 11.3. The van der Waals surface area contributed by atoms with Crippen LogP contribution in [0, 0.1) is 5.92 Å². The standard InChI is InChI=1S/C21H17NO/c23-20-13-18-12-15-8-10-21(18,11-9-15)22(20)14-17-6-3-5-16-4-1-2-7-19(16)17/h1-11,13,15H,12,14H2. The molecule has 2 nitrogen and oxygen atoms in total. The lowest BCUT2D eigenvalue weighted by atomic mass is 9.73. The first-order valence-corrected chi connectivity index (χ1v) is 8.14. The summed E-state index contributed by atoms with van der Waals surface area (Å²) in [5.74, 6) is 0.596. The van der Waals surface area contributed by atoms with E-state index in [0.29, 0.717) is 12.5 Å². The van der Waals surface area contributed by atoms with Gasteiger partial charge in [0.2, 0.25) is 5.91 Å². The van der Waals surface area contributed by atoms with Crippen LogP contribution < -0.4 is 0 Å². The Morgan fingerprint density at radius 2 is 1.83 bits per heavy atom. The third kappa shape index (κ3) is 1.72. The number of amides is 1. The minimum Gasteiger partial charge on any atom is -0.318 e. The summed E-state index contributed by atoms with van der Waals surface area (Å²) in [4.78, 5) is 14.7. The van der Waals surface area contributed by atoms with Crippen LogP contribution in [0.2, 0.25) is 0 Å². The van der Waals surface area contributed by atoms with E-state index < -0.39 is 0 Å². The van der Waals surface area contributed by atoms with E-state index in [2.05, 4.69) is 66.8 Å². The summed E-state index contributed by atoms with van der Waals surface area (Å²) in [6.07, 6.45) is 11.7. The number of rotatable bonds is 2. The Kier molecular flexibility index (Phi) is 2.49. The van der Waals surface area contributed by atoms with Crippen LogP contribution in [0.4, 0.5) is 0 Å². The molecule has 0 saturated carbocycles. The molecule has 0 fully saturated rings. The summed E-state index contributed by atoms with van der Waals surface area (Å²) in [5.41, 5.74) is 2.13. The number of nitrogens with zero attached hydrogens (tertiary/aromatic N) is 1. The minimum absolute atomic E-state index is 0.129. The number of allylic oxidation sites excluding steroid dienone is 2. The molecule has 112 valence electrons. The molecule has 1 amide bonds. The fourth-order valence-electron chi connectivity index (χ4n) is 4.17. The zero-order valence-corrected chi connectivity index (χ0v) is 12.8. The topological polar surface area (TPSA) is 20.3 Å². The van der Waals surface area contributed by atoms with E-state index in [9.17, 15) is 4.79 Å². The maximum absolute atomic E-state index is 12.6. The van der Waals surface area contributed by atoms with Gasteiger partial charge in [-0.25, -0.2) is 0 Å². The van der Waals surface area contributed by atoms with Crippen molar-refractivity contribution in [3.05, 3.63) is 84.0 Å². The van der Waals surface area contributed by atoms with Crippen molar-refractivity contribution >= 4 is 16.7 Å². The molecule has 0 unspecified atom stereocenters. The number of hydrogen-bond donors (Lipinski definition) is 0. The fraction of sp³-hybridized carbons (Fsp3) is 0.190. The van der Waals surface area contributed by atoms with E-state index in [1.807, 2.05) is 11.0 Å². The van der Waals surface area contributed by atoms with Gasteiger partial charge >= 0.3 is 0 Å². The van der Waals surface area contributed by atoms with E-state index in [1.54, 1.807) is 0 Å². The first-order valence-electron chi connectivity index (χ1n) is 8.14. The van der Waals surface area contributed by atoms with Gasteiger partial charge in [0.15, 0.2) is 0 Å². The Morgan fingerprint density at radius 3 is 2.70 bits per heavy atom. The largest absolute Gasteiger partial charge is 0.318 e. The molecule has 3 aliphatic carbocycles. The molecule has 0 aromatic heterocycles. The fourth-order valence-corrected chi connectivity index (χ4v) is 4.17. The summed E-state index contributed by atoms with van der Waals surface area (Å²) in [6.45, 7) is 0.638. The quantitative estimate of drug-likeness (QED) is 0.768. The van der Waals surface area contributed by atoms with Crippen molar-refractivity contribution in [2.24, 2.45) is 5.92 Å². The minimum atomic E-state index is -0.317.